The van der Waals surface area contributed by atoms with Crippen molar-refractivity contribution in [2.24, 2.45) is 0 Å². The Labute approximate surface area is 140 Å². The first-order chi connectivity index (χ1) is 11.4. The Morgan fingerprint density at radius 1 is 0.609 bits per heavy atom. The van der Waals surface area contributed by atoms with Gasteiger partial charge in [-0.1, -0.05) is 91.0 Å². The summed E-state index contributed by atoms with van der Waals surface area (Å²) >= 11 is 0. The van der Waals surface area contributed by atoms with Crippen molar-refractivity contribution in [3.8, 4) is 0 Å². The fraction of sp³-hybridized carbons (Fsp3) is 0.143. The summed E-state index contributed by atoms with van der Waals surface area (Å²) in [6, 6.07) is 31.4. The van der Waals surface area contributed by atoms with Gasteiger partial charge in [0.2, 0.25) is 0 Å². The molecule has 1 atom stereocenters. The molecule has 0 saturated carbocycles. The van der Waals surface area contributed by atoms with E-state index in [1.165, 1.54) is 0 Å². The molecule has 0 aliphatic rings. The highest BCUT2D eigenvalue weighted by Crippen LogP contribution is 2.40. The maximum Gasteiger partial charge on any atom is 0.143 e. The number of hydrogen-bond acceptors (Lipinski definition) is 1. The van der Waals surface area contributed by atoms with E-state index in [9.17, 15) is 0 Å². The van der Waals surface area contributed by atoms with Crippen molar-refractivity contribution in [2.75, 3.05) is 12.8 Å². The first-order valence-electron chi connectivity index (χ1n) is 7.88. The smallest absolute Gasteiger partial charge is 0.143 e. The van der Waals surface area contributed by atoms with Crippen molar-refractivity contribution >= 4 is 9.24 Å². The maximum atomic E-state index is 6.52. The molecule has 1 nitrogen and oxygen atoms in total. The number of ether oxygens (including phenoxy) is 1. The molecule has 1 unspecified atom stereocenters. The fourth-order valence-corrected chi connectivity index (χ4v) is 3.10. The molecular formula is C21H21OP. The van der Waals surface area contributed by atoms with Crippen LogP contribution >= 0.6 is 9.24 Å². The molecule has 23 heavy (non-hydrogen) atoms. The van der Waals surface area contributed by atoms with Gasteiger partial charge in [-0.15, -0.1) is 9.24 Å². The van der Waals surface area contributed by atoms with Gasteiger partial charge in [0.05, 0.1) is 6.61 Å². The molecule has 0 radical (unpaired) electrons. The number of hydrogen-bond donors (Lipinski definition) is 0. The van der Waals surface area contributed by atoms with Gasteiger partial charge < -0.3 is 4.74 Å². The van der Waals surface area contributed by atoms with E-state index in [1.807, 2.05) is 18.2 Å². The second kappa shape index (κ2) is 7.55. The van der Waals surface area contributed by atoms with Gasteiger partial charge in [0.1, 0.15) is 5.60 Å². The summed E-state index contributed by atoms with van der Waals surface area (Å²) in [6.45, 7) is 0.670. The number of rotatable bonds is 6. The molecule has 2 heteroatoms. The molecular weight excluding hydrogens is 299 g/mol. The average molecular weight is 320 g/mol. The summed E-state index contributed by atoms with van der Waals surface area (Å²) in [6.07, 6.45) is 0.897. The highest BCUT2D eigenvalue weighted by Gasteiger charge is 2.37. The second-order valence-electron chi connectivity index (χ2n) is 5.42. The molecule has 116 valence electrons. The van der Waals surface area contributed by atoms with Gasteiger partial charge in [0.25, 0.3) is 0 Å². The van der Waals surface area contributed by atoms with Crippen molar-refractivity contribution in [2.45, 2.75) is 5.60 Å². The van der Waals surface area contributed by atoms with Crippen LogP contribution in [0.4, 0.5) is 0 Å². The molecule has 3 rings (SSSR count). The Hall–Kier alpha value is -1.95. The third-order valence-electron chi connectivity index (χ3n) is 3.98. The minimum Gasteiger partial charge on any atom is -0.360 e. The van der Waals surface area contributed by atoms with Gasteiger partial charge in [0, 0.05) is 0 Å². The first-order valence-corrected chi connectivity index (χ1v) is 8.70. The molecule has 0 aliphatic heterocycles. The standard InChI is InChI=1S/C21H21OP/c23-17-16-22-21(18-10-4-1-5-11-18,19-12-6-2-7-13-19)20-14-8-3-9-15-20/h1-15H,16-17,23H2. The van der Waals surface area contributed by atoms with Gasteiger partial charge >= 0.3 is 0 Å². The predicted molar refractivity (Wildman–Crippen MR) is 99.7 cm³/mol. The van der Waals surface area contributed by atoms with Gasteiger partial charge in [-0.05, 0) is 22.9 Å². The summed E-state index contributed by atoms with van der Waals surface area (Å²) in [5, 5.41) is 0. The normalized spacial score (nSPS) is 11.3. The Balaban J connectivity index is 2.25. The summed E-state index contributed by atoms with van der Waals surface area (Å²) in [5.74, 6) is 0. The highest BCUT2D eigenvalue weighted by molar-refractivity contribution is 7.16. The van der Waals surface area contributed by atoms with E-state index in [0.29, 0.717) is 6.61 Å². The molecule has 0 N–H and O–H groups in total. The van der Waals surface area contributed by atoms with Gasteiger partial charge in [0.15, 0.2) is 0 Å². The van der Waals surface area contributed by atoms with Gasteiger partial charge in [-0.2, -0.15) is 0 Å². The third-order valence-corrected chi connectivity index (χ3v) is 4.21. The molecule has 0 aromatic heterocycles. The van der Waals surface area contributed by atoms with Crippen LogP contribution in [0.5, 0.6) is 0 Å². The lowest BCUT2D eigenvalue weighted by Crippen LogP contribution is -2.33. The maximum absolute atomic E-state index is 6.52. The largest absolute Gasteiger partial charge is 0.360 e. The van der Waals surface area contributed by atoms with Crippen LogP contribution < -0.4 is 0 Å². The molecule has 0 spiro atoms. The zero-order chi connectivity index (χ0) is 16.0. The molecule has 3 aromatic carbocycles. The predicted octanol–water partition coefficient (Wildman–Crippen LogP) is 4.87. The summed E-state index contributed by atoms with van der Waals surface area (Å²) in [7, 11) is 2.74. The molecule has 0 bridgehead atoms. The van der Waals surface area contributed by atoms with Gasteiger partial charge in [-0.3, -0.25) is 0 Å². The van der Waals surface area contributed by atoms with Crippen LogP contribution in [0, 0.1) is 0 Å². The van der Waals surface area contributed by atoms with Crippen molar-refractivity contribution in [1.29, 1.82) is 0 Å². The molecule has 0 heterocycles. The van der Waals surface area contributed by atoms with E-state index >= 15 is 0 Å². The van der Waals surface area contributed by atoms with Crippen LogP contribution in [0.25, 0.3) is 0 Å². The molecule has 0 saturated heterocycles. The topological polar surface area (TPSA) is 9.23 Å². The zero-order valence-corrected chi connectivity index (χ0v) is 14.2. The molecule has 3 aromatic rings. The van der Waals surface area contributed by atoms with Crippen LogP contribution in [-0.2, 0) is 10.3 Å². The van der Waals surface area contributed by atoms with E-state index in [1.54, 1.807) is 0 Å². The van der Waals surface area contributed by atoms with E-state index in [0.717, 1.165) is 22.9 Å². The Morgan fingerprint density at radius 3 is 1.26 bits per heavy atom. The lowest BCUT2D eigenvalue weighted by atomic mass is 9.80. The van der Waals surface area contributed by atoms with E-state index in [-0.39, 0.29) is 0 Å². The van der Waals surface area contributed by atoms with Crippen LogP contribution in [0.15, 0.2) is 91.0 Å². The molecule has 0 fully saturated rings. The minimum absolute atomic E-state index is 0.583. The third kappa shape index (κ3) is 3.22. The Kier molecular flexibility index (Phi) is 5.23. The first kappa shape index (κ1) is 15.9. The van der Waals surface area contributed by atoms with Crippen LogP contribution in [-0.4, -0.2) is 12.8 Å². The lowest BCUT2D eigenvalue weighted by Gasteiger charge is -2.35. The van der Waals surface area contributed by atoms with E-state index < -0.39 is 5.60 Å². The minimum atomic E-state index is -0.583. The second-order valence-corrected chi connectivity index (χ2v) is 5.99. The van der Waals surface area contributed by atoms with Crippen molar-refractivity contribution in [1.82, 2.24) is 0 Å². The average Bonchev–Trinajstić information content (AvgIpc) is 2.65. The fourth-order valence-electron chi connectivity index (χ4n) is 2.98. The summed E-state index contributed by atoms with van der Waals surface area (Å²) in [5.41, 5.74) is 2.86. The van der Waals surface area contributed by atoms with Gasteiger partial charge in [-0.25, -0.2) is 0 Å². The van der Waals surface area contributed by atoms with Crippen molar-refractivity contribution in [3.63, 3.8) is 0 Å². The van der Waals surface area contributed by atoms with Crippen LogP contribution in [0.1, 0.15) is 16.7 Å². The summed E-state index contributed by atoms with van der Waals surface area (Å²) in [4.78, 5) is 0. The van der Waals surface area contributed by atoms with E-state index in [2.05, 4.69) is 82.0 Å². The Morgan fingerprint density at radius 2 is 0.957 bits per heavy atom. The Bertz CT molecular complexity index is 614. The SMILES string of the molecule is PCCOC(c1ccccc1)(c1ccccc1)c1ccccc1. The van der Waals surface area contributed by atoms with Crippen molar-refractivity contribution in [3.05, 3.63) is 108 Å². The molecule has 0 amide bonds. The van der Waals surface area contributed by atoms with Crippen molar-refractivity contribution < 1.29 is 4.74 Å². The van der Waals surface area contributed by atoms with Crippen LogP contribution in [0.2, 0.25) is 0 Å². The quantitative estimate of drug-likeness (QED) is 0.465. The summed E-state index contributed by atoms with van der Waals surface area (Å²) < 4.78 is 6.52. The highest BCUT2D eigenvalue weighted by atomic mass is 31.0. The lowest BCUT2D eigenvalue weighted by molar-refractivity contribution is 0.0232. The molecule has 0 aliphatic carbocycles. The monoisotopic (exact) mass is 320 g/mol. The zero-order valence-electron chi connectivity index (χ0n) is 13.1. The number of benzene rings is 3. The van der Waals surface area contributed by atoms with E-state index in [4.69, 9.17) is 4.74 Å². The van der Waals surface area contributed by atoms with Crippen LogP contribution in [0.3, 0.4) is 0 Å².